The second kappa shape index (κ2) is 41.5. The van der Waals surface area contributed by atoms with Crippen LogP contribution in [0.2, 0.25) is 0 Å². The van der Waals surface area contributed by atoms with Crippen molar-refractivity contribution in [3.05, 3.63) is 12.2 Å². The fourth-order valence-corrected chi connectivity index (χ4v) is 7.06. The molecule has 0 saturated heterocycles. The van der Waals surface area contributed by atoms with Gasteiger partial charge in [0.05, 0.1) is 18.8 Å². The maximum absolute atomic E-state index is 12.4. The number of hydrogen-bond acceptors (Lipinski definition) is 3. The minimum atomic E-state index is -0.659. The van der Waals surface area contributed by atoms with Crippen molar-refractivity contribution in [1.29, 1.82) is 0 Å². The standard InChI is InChI=1S/C45H89NO3/c1-3-5-7-9-11-13-15-17-19-20-21-22-23-24-25-26-27-28-30-32-34-36-38-40-44(48)43(42-47)46-45(49)41-39-37-35-33-31-29-18-16-14-12-10-8-6-4-2/h16,18,43-44,47-48H,3-15,17,19-42H2,1-2H3,(H,46,49)/b18-16-. The predicted octanol–water partition coefficient (Wildman–Crippen LogP) is 13.9. The van der Waals surface area contributed by atoms with E-state index in [-0.39, 0.29) is 12.5 Å². The molecule has 2 atom stereocenters. The molecule has 0 radical (unpaired) electrons. The lowest BCUT2D eigenvalue weighted by Gasteiger charge is -2.22. The quantitative estimate of drug-likeness (QED) is 0.0441. The Hall–Kier alpha value is -0.870. The molecule has 4 heteroatoms. The zero-order valence-electron chi connectivity index (χ0n) is 33.5. The molecule has 292 valence electrons. The molecule has 0 aromatic carbocycles. The monoisotopic (exact) mass is 692 g/mol. The summed E-state index contributed by atoms with van der Waals surface area (Å²) in [5, 5.41) is 23.2. The first kappa shape index (κ1) is 48.1. The Kier molecular flexibility index (Phi) is 40.8. The summed E-state index contributed by atoms with van der Waals surface area (Å²) in [5.41, 5.74) is 0. The third-order valence-electron chi connectivity index (χ3n) is 10.5. The first-order chi connectivity index (χ1) is 24.2. The number of amides is 1. The number of aliphatic hydroxyl groups is 2. The van der Waals surface area contributed by atoms with E-state index in [1.54, 1.807) is 0 Å². The number of carbonyl (C=O) groups is 1. The molecule has 0 rings (SSSR count). The van der Waals surface area contributed by atoms with Gasteiger partial charge >= 0.3 is 0 Å². The Balaban J connectivity index is 3.47. The zero-order chi connectivity index (χ0) is 35.7. The third-order valence-corrected chi connectivity index (χ3v) is 10.5. The minimum absolute atomic E-state index is 0.0377. The summed E-state index contributed by atoms with van der Waals surface area (Å²) in [6.45, 7) is 4.36. The van der Waals surface area contributed by atoms with Gasteiger partial charge in [0.15, 0.2) is 0 Å². The fourth-order valence-electron chi connectivity index (χ4n) is 7.06. The van der Waals surface area contributed by atoms with Crippen molar-refractivity contribution in [1.82, 2.24) is 5.32 Å². The molecular weight excluding hydrogens is 602 g/mol. The van der Waals surface area contributed by atoms with Crippen LogP contribution < -0.4 is 5.32 Å². The van der Waals surface area contributed by atoms with Crippen LogP contribution in [0, 0.1) is 0 Å². The van der Waals surface area contributed by atoms with Gasteiger partial charge in [0.2, 0.25) is 5.91 Å². The van der Waals surface area contributed by atoms with Crippen molar-refractivity contribution in [2.45, 2.75) is 264 Å². The third kappa shape index (κ3) is 38.2. The average molecular weight is 692 g/mol. The molecule has 3 N–H and O–H groups in total. The molecule has 1 amide bonds. The number of nitrogens with one attached hydrogen (secondary N) is 1. The van der Waals surface area contributed by atoms with Gasteiger partial charge in [0, 0.05) is 6.42 Å². The SMILES string of the molecule is CCCCCCC/C=C\CCCCCCCC(=O)NC(CO)C(O)CCCCCCCCCCCCCCCCCCCCCCCCC. The van der Waals surface area contributed by atoms with Gasteiger partial charge in [-0.05, 0) is 38.5 Å². The number of hydrogen-bond donors (Lipinski definition) is 3. The molecule has 2 unspecified atom stereocenters. The lowest BCUT2D eigenvalue weighted by Crippen LogP contribution is -2.45. The number of rotatable bonds is 41. The second-order valence-electron chi connectivity index (χ2n) is 15.5. The molecule has 49 heavy (non-hydrogen) atoms. The summed E-state index contributed by atoms with van der Waals surface area (Å²) in [4.78, 5) is 12.4. The molecule has 0 spiro atoms. The largest absolute Gasteiger partial charge is 0.394 e. The van der Waals surface area contributed by atoms with Crippen LogP contribution in [-0.2, 0) is 4.79 Å². The number of carbonyl (C=O) groups excluding carboxylic acids is 1. The first-order valence-corrected chi connectivity index (χ1v) is 22.4. The van der Waals surface area contributed by atoms with Gasteiger partial charge in [0.25, 0.3) is 0 Å². The van der Waals surface area contributed by atoms with Crippen LogP contribution in [0.1, 0.15) is 251 Å². The fraction of sp³-hybridized carbons (Fsp3) is 0.933. The van der Waals surface area contributed by atoms with Crippen LogP contribution in [0.4, 0.5) is 0 Å². The Labute approximate surface area is 307 Å². The zero-order valence-corrected chi connectivity index (χ0v) is 33.5. The van der Waals surface area contributed by atoms with Crippen LogP contribution in [0.25, 0.3) is 0 Å². The summed E-state index contributed by atoms with van der Waals surface area (Å²) in [6.07, 6.45) is 51.5. The summed E-state index contributed by atoms with van der Waals surface area (Å²) in [6, 6.07) is -0.536. The van der Waals surface area contributed by atoms with Crippen molar-refractivity contribution in [3.8, 4) is 0 Å². The van der Waals surface area contributed by atoms with E-state index >= 15 is 0 Å². The average Bonchev–Trinajstić information content (AvgIpc) is 3.10. The smallest absolute Gasteiger partial charge is 0.220 e. The molecule has 0 aliphatic carbocycles. The molecule has 0 bridgehead atoms. The molecule has 0 aromatic heterocycles. The molecular formula is C45H89NO3. The molecule has 0 heterocycles. The van der Waals surface area contributed by atoms with E-state index in [0.29, 0.717) is 12.8 Å². The van der Waals surface area contributed by atoms with Crippen molar-refractivity contribution < 1.29 is 15.0 Å². The highest BCUT2D eigenvalue weighted by atomic mass is 16.3. The van der Waals surface area contributed by atoms with Crippen LogP contribution in [0.15, 0.2) is 12.2 Å². The molecule has 0 aliphatic heterocycles. The van der Waals surface area contributed by atoms with Gasteiger partial charge in [-0.2, -0.15) is 0 Å². The molecule has 0 aromatic rings. The van der Waals surface area contributed by atoms with Gasteiger partial charge in [-0.3, -0.25) is 4.79 Å². The maximum atomic E-state index is 12.4. The predicted molar refractivity (Wildman–Crippen MR) is 216 cm³/mol. The Morgan fingerprint density at radius 1 is 0.469 bits per heavy atom. The normalized spacial score (nSPS) is 13.0. The van der Waals surface area contributed by atoms with E-state index in [4.69, 9.17) is 0 Å². The van der Waals surface area contributed by atoms with Crippen molar-refractivity contribution in [2.75, 3.05) is 6.61 Å². The van der Waals surface area contributed by atoms with Crippen LogP contribution >= 0.6 is 0 Å². The second-order valence-corrected chi connectivity index (χ2v) is 15.5. The van der Waals surface area contributed by atoms with Crippen molar-refractivity contribution in [3.63, 3.8) is 0 Å². The van der Waals surface area contributed by atoms with Gasteiger partial charge in [-0.25, -0.2) is 0 Å². The van der Waals surface area contributed by atoms with Gasteiger partial charge in [-0.15, -0.1) is 0 Å². The summed E-state index contributed by atoms with van der Waals surface area (Å²) < 4.78 is 0. The Morgan fingerprint density at radius 3 is 1.12 bits per heavy atom. The maximum Gasteiger partial charge on any atom is 0.220 e. The van der Waals surface area contributed by atoms with E-state index in [2.05, 4.69) is 31.3 Å². The van der Waals surface area contributed by atoms with Crippen LogP contribution in [0.5, 0.6) is 0 Å². The van der Waals surface area contributed by atoms with E-state index in [0.717, 1.165) is 25.7 Å². The molecule has 4 nitrogen and oxygen atoms in total. The van der Waals surface area contributed by atoms with E-state index in [1.165, 1.54) is 199 Å². The summed E-state index contributed by atoms with van der Waals surface area (Å²) in [7, 11) is 0. The van der Waals surface area contributed by atoms with Crippen molar-refractivity contribution in [2.24, 2.45) is 0 Å². The highest BCUT2D eigenvalue weighted by Gasteiger charge is 2.20. The Bertz CT molecular complexity index is 666. The van der Waals surface area contributed by atoms with Crippen molar-refractivity contribution >= 4 is 5.91 Å². The van der Waals surface area contributed by atoms with Crippen LogP contribution in [-0.4, -0.2) is 34.9 Å². The topological polar surface area (TPSA) is 69.6 Å². The first-order valence-electron chi connectivity index (χ1n) is 22.4. The summed E-state index contributed by atoms with van der Waals surface area (Å²) in [5.74, 6) is -0.0377. The highest BCUT2D eigenvalue weighted by molar-refractivity contribution is 5.76. The molecule has 0 fully saturated rings. The van der Waals surface area contributed by atoms with Gasteiger partial charge in [-0.1, -0.05) is 219 Å². The molecule has 0 aliphatic rings. The number of aliphatic hydroxyl groups excluding tert-OH is 2. The number of unbranched alkanes of at least 4 members (excludes halogenated alkanes) is 32. The van der Waals surface area contributed by atoms with Crippen LogP contribution in [0.3, 0.4) is 0 Å². The Morgan fingerprint density at radius 2 is 0.776 bits per heavy atom. The number of allylic oxidation sites excluding steroid dienone is 2. The minimum Gasteiger partial charge on any atom is -0.394 e. The van der Waals surface area contributed by atoms with Gasteiger partial charge < -0.3 is 15.5 Å². The van der Waals surface area contributed by atoms with E-state index in [9.17, 15) is 15.0 Å². The van der Waals surface area contributed by atoms with E-state index in [1.807, 2.05) is 0 Å². The lowest BCUT2D eigenvalue weighted by atomic mass is 10.0. The van der Waals surface area contributed by atoms with Gasteiger partial charge in [0.1, 0.15) is 0 Å². The summed E-state index contributed by atoms with van der Waals surface area (Å²) >= 11 is 0. The van der Waals surface area contributed by atoms with E-state index < -0.39 is 12.1 Å². The molecule has 0 saturated carbocycles. The lowest BCUT2D eigenvalue weighted by molar-refractivity contribution is -0.123. The highest BCUT2D eigenvalue weighted by Crippen LogP contribution is 2.16.